The second kappa shape index (κ2) is 8.48. The van der Waals surface area contributed by atoms with Crippen molar-refractivity contribution in [3.63, 3.8) is 0 Å². The molecule has 0 N–H and O–H groups in total. The number of fused-ring (bicyclic) bond motifs is 1. The first kappa shape index (κ1) is 19.9. The van der Waals surface area contributed by atoms with Gasteiger partial charge in [0.2, 0.25) is 6.79 Å². The maximum atomic E-state index is 12.5. The molecule has 3 rings (SSSR count). The fourth-order valence-electron chi connectivity index (χ4n) is 2.96. The summed E-state index contributed by atoms with van der Waals surface area (Å²) in [6.07, 6.45) is 0. The normalized spacial score (nSPS) is 12.0. The average Bonchev–Trinajstić information content (AvgIpc) is 3.11. The number of carbonyl (C=O) groups excluding carboxylic acids is 2. The molecular formula is C20H21ClN2O5. The van der Waals surface area contributed by atoms with Gasteiger partial charge in [-0.25, -0.2) is 9.78 Å². The summed E-state index contributed by atoms with van der Waals surface area (Å²) in [4.78, 5) is 30.5. The first-order valence-electron chi connectivity index (χ1n) is 8.86. The standard InChI is InChI=1S/C20H21ClN2O5/c1-4-23(9-14-5-6-15-16(8-14)28-11-27-15)17(24)10-26-20(25)18-12(2)7-13(3)22-19(18)21/h5-8H,4,9-11H2,1-3H3. The van der Waals surface area contributed by atoms with E-state index in [9.17, 15) is 9.59 Å². The number of hydrogen-bond acceptors (Lipinski definition) is 6. The molecule has 0 saturated carbocycles. The van der Waals surface area contributed by atoms with Crippen molar-refractivity contribution >= 4 is 23.5 Å². The van der Waals surface area contributed by atoms with E-state index in [1.165, 1.54) is 0 Å². The largest absolute Gasteiger partial charge is 0.454 e. The summed E-state index contributed by atoms with van der Waals surface area (Å²) in [6, 6.07) is 7.26. The summed E-state index contributed by atoms with van der Waals surface area (Å²) in [7, 11) is 0. The van der Waals surface area contributed by atoms with Crippen molar-refractivity contribution in [2.24, 2.45) is 0 Å². The van der Waals surface area contributed by atoms with Crippen LogP contribution in [0.1, 0.15) is 34.1 Å². The third kappa shape index (κ3) is 4.36. The summed E-state index contributed by atoms with van der Waals surface area (Å²) in [5, 5.41) is 0.0719. The number of aromatic nitrogens is 1. The lowest BCUT2D eigenvalue weighted by molar-refractivity contribution is -0.134. The minimum absolute atomic E-state index is 0.0719. The minimum Gasteiger partial charge on any atom is -0.454 e. The topological polar surface area (TPSA) is 78.0 Å². The highest BCUT2D eigenvalue weighted by molar-refractivity contribution is 6.32. The van der Waals surface area contributed by atoms with Crippen LogP contribution in [0.2, 0.25) is 5.15 Å². The molecule has 1 aliphatic rings. The Morgan fingerprint density at radius 1 is 1.21 bits per heavy atom. The Balaban J connectivity index is 1.62. The Kier molecular flexibility index (Phi) is 6.04. The number of pyridine rings is 1. The third-order valence-corrected chi connectivity index (χ3v) is 4.65. The maximum absolute atomic E-state index is 12.5. The molecule has 0 bridgehead atoms. The zero-order chi connectivity index (χ0) is 20.3. The van der Waals surface area contributed by atoms with E-state index in [-0.39, 0.29) is 30.0 Å². The maximum Gasteiger partial charge on any atom is 0.342 e. The van der Waals surface area contributed by atoms with E-state index < -0.39 is 5.97 Å². The number of halogens is 1. The predicted octanol–water partition coefficient (Wildman–Crippen LogP) is 3.29. The summed E-state index contributed by atoms with van der Waals surface area (Å²) in [5.41, 5.74) is 2.44. The van der Waals surface area contributed by atoms with Gasteiger partial charge in [-0.05, 0) is 50.1 Å². The quantitative estimate of drug-likeness (QED) is 0.543. The van der Waals surface area contributed by atoms with Crippen molar-refractivity contribution in [1.29, 1.82) is 0 Å². The lowest BCUT2D eigenvalue weighted by Gasteiger charge is -2.21. The molecule has 0 saturated heterocycles. The first-order chi connectivity index (χ1) is 13.4. The number of carbonyl (C=O) groups is 2. The summed E-state index contributed by atoms with van der Waals surface area (Å²) < 4.78 is 15.8. The highest BCUT2D eigenvalue weighted by Crippen LogP contribution is 2.32. The van der Waals surface area contributed by atoms with Crippen LogP contribution in [0.4, 0.5) is 0 Å². The molecule has 7 nitrogen and oxygen atoms in total. The number of hydrogen-bond donors (Lipinski definition) is 0. The number of ether oxygens (including phenoxy) is 3. The van der Waals surface area contributed by atoms with Crippen molar-refractivity contribution in [2.45, 2.75) is 27.3 Å². The number of likely N-dealkylation sites (N-methyl/N-ethyl adjacent to an activating group) is 1. The number of benzene rings is 1. The van der Waals surface area contributed by atoms with Gasteiger partial charge in [-0.15, -0.1) is 0 Å². The van der Waals surface area contributed by atoms with Crippen molar-refractivity contribution in [3.8, 4) is 11.5 Å². The molecule has 0 spiro atoms. The van der Waals surface area contributed by atoms with Crippen LogP contribution in [-0.2, 0) is 16.1 Å². The fourth-order valence-corrected chi connectivity index (χ4v) is 3.32. The highest BCUT2D eigenvalue weighted by Gasteiger charge is 2.21. The molecule has 148 valence electrons. The van der Waals surface area contributed by atoms with Crippen LogP contribution in [0.15, 0.2) is 24.3 Å². The van der Waals surface area contributed by atoms with Crippen LogP contribution >= 0.6 is 11.6 Å². The van der Waals surface area contributed by atoms with Crippen LogP contribution in [0, 0.1) is 13.8 Å². The Hall–Kier alpha value is -2.80. The van der Waals surface area contributed by atoms with E-state index in [0.717, 1.165) is 5.56 Å². The second-order valence-electron chi connectivity index (χ2n) is 6.42. The molecule has 0 aliphatic carbocycles. The van der Waals surface area contributed by atoms with Crippen LogP contribution < -0.4 is 9.47 Å². The van der Waals surface area contributed by atoms with Crippen LogP contribution in [0.25, 0.3) is 0 Å². The highest BCUT2D eigenvalue weighted by atomic mass is 35.5. The molecule has 0 fully saturated rings. The second-order valence-corrected chi connectivity index (χ2v) is 6.78. The lowest BCUT2D eigenvalue weighted by atomic mass is 10.1. The number of rotatable bonds is 6. The fraction of sp³-hybridized carbons (Fsp3) is 0.350. The molecule has 2 aromatic rings. The van der Waals surface area contributed by atoms with Crippen molar-refractivity contribution < 1.29 is 23.8 Å². The van der Waals surface area contributed by atoms with Gasteiger partial charge in [0, 0.05) is 18.8 Å². The predicted molar refractivity (Wildman–Crippen MR) is 103 cm³/mol. The van der Waals surface area contributed by atoms with E-state index in [0.29, 0.717) is 35.8 Å². The van der Waals surface area contributed by atoms with Gasteiger partial charge in [0.15, 0.2) is 18.1 Å². The first-order valence-corrected chi connectivity index (χ1v) is 9.24. The summed E-state index contributed by atoms with van der Waals surface area (Å²) in [5.74, 6) is 0.375. The molecule has 2 heterocycles. The smallest absolute Gasteiger partial charge is 0.342 e. The summed E-state index contributed by atoms with van der Waals surface area (Å²) in [6.45, 7) is 6.05. The van der Waals surface area contributed by atoms with Crippen molar-refractivity contribution in [1.82, 2.24) is 9.88 Å². The van der Waals surface area contributed by atoms with Gasteiger partial charge in [0.05, 0.1) is 5.56 Å². The van der Waals surface area contributed by atoms with E-state index >= 15 is 0 Å². The Bertz CT molecular complexity index is 892. The molecule has 1 aliphatic heterocycles. The molecule has 1 aromatic heterocycles. The Morgan fingerprint density at radius 2 is 1.96 bits per heavy atom. The van der Waals surface area contributed by atoms with Gasteiger partial charge in [-0.2, -0.15) is 0 Å². The monoisotopic (exact) mass is 404 g/mol. The van der Waals surface area contributed by atoms with Crippen molar-refractivity contribution in [2.75, 3.05) is 19.9 Å². The van der Waals surface area contributed by atoms with E-state index in [4.69, 9.17) is 25.8 Å². The van der Waals surface area contributed by atoms with Gasteiger partial charge in [-0.1, -0.05) is 17.7 Å². The van der Waals surface area contributed by atoms with Gasteiger partial charge >= 0.3 is 5.97 Å². The lowest BCUT2D eigenvalue weighted by Crippen LogP contribution is -2.34. The number of aryl methyl sites for hydroxylation is 2. The van der Waals surface area contributed by atoms with E-state index in [1.807, 2.05) is 25.1 Å². The van der Waals surface area contributed by atoms with Crippen LogP contribution in [-0.4, -0.2) is 41.7 Å². The number of esters is 1. The van der Waals surface area contributed by atoms with Crippen molar-refractivity contribution in [3.05, 3.63) is 51.8 Å². The zero-order valence-corrected chi connectivity index (χ0v) is 16.7. The number of nitrogens with zero attached hydrogens (tertiary/aromatic N) is 2. The molecule has 28 heavy (non-hydrogen) atoms. The number of amides is 1. The Labute approximate surface area is 168 Å². The zero-order valence-electron chi connectivity index (χ0n) is 16.0. The third-order valence-electron chi connectivity index (χ3n) is 4.38. The van der Waals surface area contributed by atoms with Gasteiger partial charge in [-0.3, -0.25) is 4.79 Å². The van der Waals surface area contributed by atoms with Gasteiger partial charge in [0.25, 0.3) is 5.91 Å². The van der Waals surface area contributed by atoms with E-state index in [2.05, 4.69) is 4.98 Å². The van der Waals surface area contributed by atoms with Crippen LogP contribution in [0.3, 0.4) is 0 Å². The molecule has 8 heteroatoms. The molecular weight excluding hydrogens is 384 g/mol. The van der Waals surface area contributed by atoms with Gasteiger partial charge in [0.1, 0.15) is 5.15 Å². The SMILES string of the molecule is CCN(Cc1ccc2c(c1)OCO2)C(=O)COC(=O)c1c(C)cc(C)nc1Cl. The average molecular weight is 405 g/mol. The minimum atomic E-state index is -0.664. The van der Waals surface area contributed by atoms with E-state index in [1.54, 1.807) is 24.8 Å². The molecule has 0 unspecified atom stereocenters. The molecule has 1 amide bonds. The Morgan fingerprint density at radius 3 is 2.68 bits per heavy atom. The molecule has 0 atom stereocenters. The molecule has 1 aromatic carbocycles. The van der Waals surface area contributed by atoms with Crippen LogP contribution in [0.5, 0.6) is 11.5 Å². The van der Waals surface area contributed by atoms with Gasteiger partial charge < -0.3 is 19.1 Å². The molecule has 0 radical (unpaired) electrons. The summed E-state index contributed by atoms with van der Waals surface area (Å²) >= 11 is 6.06.